The number of aromatic nitrogens is 3. The van der Waals surface area contributed by atoms with Gasteiger partial charge in [0.25, 0.3) is 0 Å². The number of nitrogens with zero attached hydrogens (tertiary/aromatic N) is 1. The van der Waals surface area contributed by atoms with Crippen molar-refractivity contribution < 1.29 is 0 Å². The lowest BCUT2D eigenvalue weighted by Crippen LogP contribution is -2.41. The highest BCUT2D eigenvalue weighted by Gasteiger charge is 2.51. The maximum absolute atomic E-state index is 5.52. The van der Waals surface area contributed by atoms with Crippen LogP contribution in [0.3, 0.4) is 0 Å². The van der Waals surface area contributed by atoms with Gasteiger partial charge >= 0.3 is 0 Å². The predicted octanol–water partition coefficient (Wildman–Crippen LogP) is 9.10. The van der Waals surface area contributed by atoms with E-state index in [1.54, 1.807) is 0 Å². The molecule has 5 heterocycles. The minimum absolute atomic E-state index is 0.0981. The highest BCUT2D eigenvalue weighted by Crippen LogP contribution is 2.53. The van der Waals surface area contributed by atoms with Gasteiger partial charge in [0.2, 0.25) is 0 Å². The van der Waals surface area contributed by atoms with Gasteiger partial charge in [0.1, 0.15) is 0 Å². The minimum Gasteiger partial charge on any atom is -0.361 e. The van der Waals surface area contributed by atoms with Gasteiger partial charge in [0.05, 0.1) is 12.1 Å². The van der Waals surface area contributed by atoms with Gasteiger partial charge in [-0.2, -0.15) is 0 Å². The van der Waals surface area contributed by atoms with E-state index in [0.29, 0.717) is 0 Å². The third kappa shape index (κ3) is 3.87. The lowest BCUT2D eigenvalue weighted by atomic mass is 9.72. The molecule has 40 heavy (non-hydrogen) atoms. The Morgan fingerprint density at radius 2 is 0.625 bits per heavy atom. The minimum atomic E-state index is -0.143. The summed E-state index contributed by atoms with van der Waals surface area (Å²) in [5.41, 5.74) is 7.35. The monoisotopic (exact) mass is 539 g/mol. The van der Waals surface area contributed by atoms with E-state index in [1.165, 1.54) is 46.2 Å². The van der Waals surface area contributed by atoms with Gasteiger partial charge in [-0.1, -0.05) is 55.4 Å². The summed E-state index contributed by atoms with van der Waals surface area (Å²) in [6.45, 7) is 18.6. The number of rotatable bonds is 8. The first kappa shape index (κ1) is 29.3. The van der Waals surface area contributed by atoms with E-state index < -0.39 is 0 Å². The van der Waals surface area contributed by atoms with Crippen molar-refractivity contribution in [1.29, 1.82) is 0 Å². The molecular weight excluding hydrogens is 488 g/mol. The summed E-state index contributed by atoms with van der Waals surface area (Å²) in [6, 6.07) is 16.5. The third-order valence-corrected chi connectivity index (χ3v) is 11.6. The fraction of sp³-hybridized carbons (Fsp3) is 0.556. The summed E-state index contributed by atoms with van der Waals surface area (Å²) in [5, 5.41) is 5.52. The molecule has 5 radical (unpaired) electrons. The van der Waals surface area contributed by atoms with Crippen LogP contribution in [-0.4, -0.2) is 15.0 Å². The Kier molecular flexibility index (Phi) is 7.98. The molecule has 0 spiro atoms. The molecule has 4 nitrogen and oxygen atoms in total. The average molecular weight is 540 g/mol. The lowest BCUT2D eigenvalue weighted by Gasteiger charge is -2.40. The van der Waals surface area contributed by atoms with Gasteiger partial charge in [-0.25, -0.2) is 5.32 Å². The maximum atomic E-state index is 5.52. The molecule has 8 bridgehead atoms. The molecule has 1 fully saturated rings. The van der Waals surface area contributed by atoms with Crippen LogP contribution < -0.4 is 5.32 Å². The second-order valence-electron chi connectivity index (χ2n) is 12.2. The molecule has 3 N–H and O–H groups in total. The van der Waals surface area contributed by atoms with Crippen molar-refractivity contribution in [2.45, 2.75) is 128 Å². The molecule has 0 atom stereocenters. The summed E-state index contributed by atoms with van der Waals surface area (Å²) >= 11 is 0. The zero-order chi connectivity index (χ0) is 28.8. The first-order valence-electron chi connectivity index (χ1n) is 16.1. The molecule has 5 rings (SSSR count). The van der Waals surface area contributed by atoms with Crippen LogP contribution in [0.1, 0.15) is 141 Å². The van der Waals surface area contributed by atoms with E-state index in [4.69, 9.17) is 5.32 Å². The molecule has 0 aliphatic carbocycles. The number of aromatic amines is 3. The van der Waals surface area contributed by atoms with Crippen LogP contribution in [0.2, 0.25) is 0 Å². The lowest BCUT2D eigenvalue weighted by molar-refractivity contribution is 0.343. The van der Waals surface area contributed by atoms with Crippen LogP contribution in [0.4, 0.5) is 0 Å². The molecular formula is C36H51N4. The average Bonchev–Trinajstić information content (AvgIpc) is 3.81. The summed E-state index contributed by atoms with van der Waals surface area (Å²) < 4.78 is 0. The van der Waals surface area contributed by atoms with Gasteiger partial charge in [0.15, 0.2) is 0 Å². The first-order chi connectivity index (χ1) is 19.3. The van der Waals surface area contributed by atoms with Crippen LogP contribution in [0, 0.1) is 24.9 Å². The Balaban J connectivity index is 1.79. The van der Waals surface area contributed by atoms with Crippen molar-refractivity contribution in [3.63, 3.8) is 0 Å². The quantitative estimate of drug-likeness (QED) is 0.256. The molecule has 1 saturated heterocycles. The number of hydrogen-bond acceptors (Lipinski definition) is 0. The molecule has 3 aromatic heterocycles. The molecule has 0 unspecified atom stereocenters. The fourth-order valence-electron chi connectivity index (χ4n) is 8.33. The van der Waals surface area contributed by atoms with Crippen molar-refractivity contribution >= 4 is 0 Å². The molecule has 2 aliphatic rings. The summed E-state index contributed by atoms with van der Waals surface area (Å²) in [7, 11) is 0. The smallest absolute Gasteiger partial charge is 0.0719 e. The molecule has 0 aromatic carbocycles. The topological polar surface area (TPSA) is 61.5 Å². The van der Waals surface area contributed by atoms with Crippen LogP contribution >= 0.6 is 0 Å². The van der Waals surface area contributed by atoms with Crippen molar-refractivity contribution in [1.82, 2.24) is 20.3 Å². The summed E-state index contributed by atoms with van der Waals surface area (Å²) in [5.74, 6) is 0. The largest absolute Gasteiger partial charge is 0.361 e. The van der Waals surface area contributed by atoms with Crippen molar-refractivity contribution in [2.24, 2.45) is 0 Å². The van der Waals surface area contributed by atoms with Crippen molar-refractivity contribution in [3.8, 4) is 0 Å². The molecule has 0 saturated carbocycles. The number of H-pyrrole nitrogens is 3. The predicted molar refractivity (Wildman–Crippen MR) is 167 cm³/mol. The van der Waals surface area contributed by atoms with Crippen LogP contribution in [0.25, 0.3) is 0 Å². The Hall–Kier alpha value is -2.20. The van der Waals surface area contributed by atoms with E-state index in [-0.39, 0.29) is 21.7 Å². The Bertz CT molecular complexity index is 1160. The Labute approximate surface area is 243 Å². The van der Waals surface area contributed by atoms with E-state index in [9.17, 15) is 0 Å². The second kappa shape index (κ2) is 10.9. The first-order valence-corrected chi connectivity index (χ1v) is 16.1. The summed E-state index contributed by atoms with van der Waals surface area (Å²) in [6.07, 6.45) is 12.8. The van der Waals surface area contributed by atoms with Crippen molar-refractivity contribution in [2.75, 3.05) is 0 Å². The van der Waals surface area contributed by atoms with Crippen LogP contribution in [0.5, 0.6) is 0 Å². The van der Waals surface area contributed by atoms with Gasteiger partial charge in [-0.15, -0.1) is 0 Å². The van der Waals surface area contributed by atoms with Crippen molar-refractivity contribution in [3.05, 3.63) is 95.5 Å². The van der Waals surface area contributed by atoms with Gasteiger partial charge in [0, 0.05) is 55.8 Å². The van der Waals surface area contributed by atoms with E-state index >= 15 is 0 Å². The fourth-order valence-corrected chi connectivity index (χ4v) is 8.33. The van der Waals surface area contributed by atoms with Crippen LogP contribution in [-0.2, 0) is 21.7 Å². The van der Waals surface area contributed by atoms with E-state index in [0.717, 1.165) is 51.4 Å². The normalized spacial score (nSPS) is 21.6. The Morgan fingerprint density at radius 3 is 0.850 bits per heavy atom. The second-order valence-corrected chi connectivity index (χ2v) is 12.2. The maximum Gasteiger partial charge on any atom is 0.0719 e. The zero-order valence-corrected chi connectivity index (χ0v) is 26.2. The SMILES string of the molecule is CCC1(CC)[C]2[CH][CH][C]([N]2)C(CC)(CC)c2ccc([nH]2)C(CC)(CC)c2ccc([nH]2)C(CC)(CC)c2ccc1[nH]2. The zero-order valence-electron chi connectivity index (χ0n) is 26.2. The number of nitrogens with one attached hydrogen (secondary N) is 3. The number of fused-ring (bicyclic) bond motifs is 8. The van der Waals surface area contributed by atoms with Gasteiger partial charge in [-0.05, 0) is 101 Å². The number of hydrogen-bond donors (Lipinski definition) is 3. The van der Waals surface area contributed by atoms with E-state index in [1.807, 2.05) is 0 Å². The highest BCUT2D eigenvalue weighted by atomic mass is 15.0. The molecule has 2 aliphatic heterocycles. The summed E-state index contributed by atoms with van der Waals surface area (Å²) in [4.78, 5) is 12.0. The third-order valence-electron chi connectivity index (χ3n) is 11.6. The van der Waals surface area contributed by atoms with Gasteiger partial charge < -0.3 is 15.0 Å². The molecule has 4 heteroatoms. The van der Waals surface area contributed by atoms with Gasteiger partial charge in [-0.3, -0.25) is 0 Å². The standard InChI is InChI=1S/C36H51N4/c1-9-33(10-2)25-17-19-27(37-25)34(11-3,12-4)29-21-23-31(39-29)36(15-7,16-8)32-24-22-30(40-32)35(13-5,14-6)28-20-18-26(33)38-28/h17-24,37-39H,9-16H2,1-8H3. The Morgan fingerprint density at radius 1 is 0.400 bits per heavy atom. The molecule has 0 amide bonds. The van der Waals surface area contributed by atoms with Crippen LogP contribution in [0.15, 0.2) is 36.4 Å². The van der Waals surface area contributed by atoms with E-state index in [2.05, 4.69) is 120 Å². The molecule has 3 aromatic rings. The molecule has 215 valence electrons. The highest BCUT2D eigenvalue weighted by molar-refractivity contribution is 5.49.